The van der Waals surface area contributed by atoms with E-state index in [1.165, 1.54) is 5.69 Å². The lowest BCUT2D eigenvalue weighted by Crippen LogP contribution is -2.35. The SMILES string of the molecule is C=CC=CC(C)(CC1CCC(C(=O)CC2CCN(c3cccc(Cl)c3)CC2)CC1)C(=O)c1ccccc1C. The third-order valence-electron chi connectivity index (χ3n) is 8.80. The molecule has 0 spiro atoms. The average Bonchev–Trinajstić information content (AvgIpc) is 2.92. The smallest absolute Gasteiger partial charge is 0.172 e. The van der Waals surface area contributed by atoms with Crippen molar-refractivity contribution in [1.29, 1.82) is 0 Å². The van der Waals surface area contributed by atoms with E-state index in [9.17, 15) is 9.59 Å². The van der Waals surface area contributed by atoms with Crippen LogP contribution in [0, 0.1) is 30.1 Å². The summed E-state index contributed by atoms with van der Waals surface area (Å²) in [5.74, 6) is 1.74. The molecule has 202 valence electrons. The molecular weight excluding hydrogens is 490 g/mol. The zero-order chi connectivity index (χ0) is 27.1. The maximum Gasteiger partial charge on any atom is 0.172 e. The molecule has 2 fully saturated rings. The van der Waals surface area contributed by atoms with E-state index < -0.39 is 5.41 Å². The van der Waals surface area contributed by atoms with E-state index in [2.05, 4.69) is 24.5 Å². The fraction of sp³-hybridized carbons (Fsp3) is 0.471. The maximum absolute atomic E-state index is 13.6. The summed E-state index contributed by atoms with van der Waals surface area (Å²) in [6.07, 6.45) is 13.3. The van der Waals surface area contributed by atoms with Crippen LogP contribution < -0.4 is 4.90 Å². The fourth-order valence-corrected chi connectivity index (χ4v) is 6.64. The van der Waals surface area contributed by atoms with Gasteiger partial charge in [-0.2, -0.15) is 0 Å². The molecule has 0 bridgehead atoms. The van der Waals surface area contributed by atoms with Crippen LogP contribution in [0.25, 0.3) is 0 Å². The Hall–Kier alpha value is -2.65. The van der Waals surface area contributed by atoms with Crippen molar-refractivity contribution in [2.75, 3.05) is 18.0 Å². The molecule has 1 unspecified atom stereocenters. The normalized spacial score (nSPS) is 22.2. The Balaban J connectivity index is 1.28. The average molecular weight is 532 g/mol. The van der Waals surface area contributed by atoms with Crippen LogP contribution >= 0.6 is 11.6 Å². The second-order valence-electron chi connectivity index (χ2n) is 11.7. The van der Waals surface area contributed by atoms with Crippen LogP contribution in [0.3, 0.4) is 0 Å². The second kappa shape index (κ2) is 12.9. The van der Waals surface area contributed by atoms with Crippen LogP contribution in [0.4, 0.5) is 5.69 Å². The number of carbonyl (C=O) groups is 2. The van der Waals surface area contributed by atoms with Crippen LogP contribution in [-0.4, -0.2) is 24.7 Å². The summed E-state index contributed by atoms with van der Waals surface area (Å²) >= 11 is 6.17. The first-order valence-electron chi connectivity index (χ1n) is 14.2. The minimum atomic E-state index is -0.571. The fourth-order valence-electron chi connectivity index (χ4n) is 6.46. The Bertz CT molecular complexity index is 1150. The molecule has 3 nitrogen and oxygen atoms in total. The van der Waals surface area contributed by atoms with E-state index in [1.807, 2.05) is 61.5 Å². The van der Waals surface area contributed by atoms with Gasteiger partial charge < -0.3 is 4.90 Å². The molecule has 38 heavy (non-hydrogen) atoms. The molecule has 2 aromatic carbocycles. The molecular formula is C34H42ClNO2. The predicted octanol–water partition coefficient (Wildman–Crippen LogP) is 8.65. The van der Waals surface area contributed by atoms with Crippen molar-refractivity contribution in [3.05, 3.63) is 89.5 Å². The highest BCUT2D eigenvalue weighted by Gasteiger charge is 2.37. The van der Waals surface area contributed by atoms with Gasteiger partial charge >= 0.3 is 0 Å². The molecule has 4 rings (SSSR count). The number of anilines is 1. The monoisotopic (exact) mass is 531 g/mol. The van der Waals surface area contributed by atoms with Gasteiger partial charge in [0.2, 0.25) is 0 Å². The largest absolute Gasteiger partial charge is 0.371 e. The maximum atomic E-state index is 13.6. The topological polar surface area (TPSA) is 37.4 Å². The summed E-state index contributed by atoms with van der Waals surface area (Å²) < 4.78 is 0. The van der Waals surface area contributed by atoms with E-state index >= 15 is 0 Å². The zero-order valence-electron chi connectivity index (χ0n) is 23.0. The quantitative estimate of drug-likeness (QED) is 0.227. The first-order valence-corrected chi connectivity index (χ1v) is 14.6. The van der Waals surface area contributed by atoms with Crippen molar-refractivity contribution in [3.63, 3.8) is 0 Å². The molecule has 0 N–H and O–H groups in total. The lowest BCUT2D eigenvalue weighted by atomic mass is 9.69. The summed E-state index contributed by atoms with van der Waals surface area (Å²) in [6.45, 7) is 9.85. The van der Waals surface area contributed by atoms with Gasteiger partial charge in [0.05, 0.1) is 0 Å². The molecule has 1 saturated carbocycles. The summed E-state index contributed by atoms with van der Waals surface area (Å²) in [5, 5.41) is 0.770. The molecule has 4 heteroatoms. The van der Waals surface area contributed by atoms with Crippen LogP contribution in [0.1, 0.15) is 74.2 Å². The summed E-state index contributed by atoms with van der Waals surface area (Å²) in [7, 11) is 0. The van der Waals surface area contributed by atoms with Crippen molar-refractivity contribution < 1.29 is 9.59 Å². The van der Waals surface area contributed by atoms with Gasteiger partial charge in [0.15, 0.2) is 5.78 Å². The van der Waals surface area contributed by atoms with E-state index in [-0.39, 0.29) is 11.7 Å². The highest BCUT2D eigenvalue weighted by molar-refractivity contribution is 6.30. The molecule has 2 aliphatic rings. The number of benzene rings is 2. The lowest BCUT2D eigenvalue weighted by molar-refractivity contribution is -0.125. The third kappa shape index (κ3) is 7.05. The van der Waals surface area contributed by atoms with Crippen molar-refractivity contribution in [2.45, 2.75) is 65.2 Å². The Kier molecular flexibility index (Phi) is 9.65. The number of nitrogens with zero attached hydrogens (tertiary/aromatic N) is 1. The van der Waals surface area contributed by atoms with Gasteiger partial charge in [-0.3, -0.25) is 9.59 Å². The predicted molar refractivity (Wildman–Crippen MR) is 159 cm³/mol. The molecule has 0 radical (unpaired) electrons. The van der Waals surface area contributed by atoms with E-state index in [0.29, 0.717) is 24.0 Å². The Labute approximate surface area is 234 Å². The van der Waals surface area contributed by atoms with Gasteiger partial charge in [0.25, 0.3) is 0 Å². The minimum absolute atomic E-state index is 0.177. The highest BCUT2D eigenvalue weighted by Crippen LogP contribution is 2.41. The molecule has 1 atom stereocenters. The number of aryl methyl sites for hydroxylation is 1. The first kappa shape index (κ1) is 28.4. The molecule has 2 aromatic rings. The summed E-state index contributed by atoms with van der Waals surface area (Å²) in [6, 6.07) is 15.9. The molecule has 1 heterocycles. The van der Waals surface area contributed by atoms with E-state index in [1.54, 1.807) is 6.08 Å². The number of hydrogen-bond acceptors (Lipinski definition) is 3. The first-order chi connectivity index (χ1) is 18.3. The number of ketones is 2. The van der Waals surface area contributed by atoms with Crippen LogP contribution in [0.2, 0.25) is 5.02 Å². The Morgan fingerprint density at radius 3 is 2.37 bits per heavy atom. The number of halogens is 1. The zero-order valence-corrected chi connectivity index (χ0v) is 23.8. The second-order valence-corrected chi connectivity index (χ2v) is 12.1. The standard InChI is InChI=1S/C34H42ClNO2/c1-4-5-19-34(3,33(38)31-12-7-6-9-25(31)2)24-27-13-15-28(16-14-27)32(37)22-26-17-20-36(21-18-26)30-11-8-10-29(35)23-30/h4-12,19,23,26-28H,1,13-18,20-22,24H2,2-3H3. The van der Waals surface area contributed by atoms with Gasteiger partial charge in [0, 0.05) is 47.1 Å². The molecule has 0 amide bonds. The van der Waals surface area contributed by atoms with Crippen LogP contribution in [0.15, 0.2) is 73.3 Å². The number of Topliss-reactive ketones (excluding diaryl/α,β-unsaturated/α-hetero) is 2. The minimum Gasteiger partial charge on any atom is -0.371 e. The van der Waals surface area contributed by atoms with Gasteiger partial charge in [-0.05, 0) is 94.4 Å². The van der Waals surface area contributed by atoms with E-state index in [4.69, 9.17) is 11.6 Å². The molecule has 0 aromatic heterocycles. The summed E-state index contributed by atoms with van der Waals surface area (Å²) in [4.78, 5) is 29.2. The van der Waals surface area contributed by atoms with Crippen molar-refractivity contribution in [3.8, 4) is 0 Å². The number of rotatable bonds is 10. The molecule has 1 aliphatic carbocycles. The van der Waals surface area contributed by atoms with Crippen LogP contribution in [0.5, 0.6) is 0 Å². The third-order valence-corrected chi connectivity index (χ3v) is 9.04. The molecule has 1 aliphatic heterocycles. The summed E-state index contributed by atoms with van der Waals surface area (Å²) in [5.41, 5.74) is 2.42. The van der Waals surface area contributed by atoms with Crippen molar-refractivity contribution in [1.82, 2.24) is 0 Å². The number of carbonyl (C=O) groups excluding carboxylic acids is 2. The van der Waals surface area contributed by atoms with Gasteiger partial charge in [-0.15, -0.1) is 0 Å². The Morgan fingerprint density at radius 2 is 1.71 bits per heavy atom. The molecule has 1 saturated heterocycles. The number of allylic oxidation sites excluding steroid dienone is 3. The van der Waals surface area contributed by atoms with Crippen molar-refractivity contribution in [2.24, 2.45) is 23.2 Å². The highest BCUT2D eigenvalue weighted by atomic mass is 35.5. The van der Waals surface area contributed by atoms with Crippen LogP contribution in [-0.2, 0) is 4.79 Å². The van der Waals surface area contributed by atoms with E-state index in [0.717, 1.165) is 74.2 Å². The lowest BCUT2D eigenvalue weighted by Gasteiger charge is -2.36. The van der Waals surface area contributed by atoms with Gasteiger partial charge in [-0.1, -0.05) is 66.7 Å². The van der Waals surface area contributed by atoms with Gasteiger partial charge in [-0.25, -0.2) is 0 Å². The number of hydrogen-bond donors (Lipinski definition) is 0. The van der Waals surface area contributed by atoms with Gasteiger partial charge in [0.1, 0.15) is 5.78 Å². The van der Waals surface area contributed by atoms with Crippen molar-refractivity contribution >= 4 is 28.9 Å². The Morgan fingerprint density at radius 1 is 1.00 bits per heavy atom. The number of piperidine rings is 1.